The van der Waals surface area contributed by atoms with Crippen molar-refractivity contribution in [1.82, 2.24) is 5.32 Å². The molecule has 0 aromatic heterocycles. The summed E-state index contributed by atoms with van der Waals surface area (Å²) in [6.07, 6.45) is 0.913. The Hall–Kier alpha value is -1.43. The van der Waals surface area contributed by atoms with Gasteiger partial charge in [0, 0.05) is 38.8 Å². The summed E-state index contributed by atoms with van der Waals surface area (Å²) in [4.78, 5) is 11.1. The van der Waals surface area contributed by atoms with Gasteiger partial charge < -0.3 is 20.5 Å². The monoisotopic (exact) mass is 278 g/mol. The Bertz CT molecular complexity index is 482. The van der Waals surface area contributed by atoms with Crippen LogP contribution in [0, 0.1) is 6.92 Å². The molecule has 3 N–H and O–H groups in total. The Kier molecular flexibility index (Phi) is 4.75. The maximum atomic E-state index is 11.1. The Balaban J connectivity index is 1.92. The zero-order valence-corrected chi connectivity index (χ0v) is 12.1. The van der Waals surface area contributed by atoms with Crippen LogP contribution in [0.3, 0.4) is 0 Å². The normalized spacial score (nSPS) is 22.1. The number of amides is 1. The number of carbonyl (C=O) groups excluding carboxylic acids is 1. The molecule has 110 valence electrons. The first kappa shape index (κ1) is 15.0. The minimum absolute atomic E-state index is 0.207. The van der Waals surface area contributed by atoms with Gasteiger partial charge in [-0.3, -0.25) is 4.79 Å². The number of primary amides is 1. The molecule has 1 heterocycles. The standard InChI is InChI=1S/C15H22N2O3/c1-11-7-12(14(16)18)3-4-13(11)8-17-9-15(19-2)5-6-20-10-15/h3-4,7,17H,5-6,8-10H2,1-2H3,(H2,16,18). The number of rotatable bonds is 6. The zero-order chi connectivity index (χ0) is 14.6. The fraction of sp³-hybridized carbons (Fsp3) is 0.533. The second-order valence-corrected chi connectivity index (χ2v) is 5.30. The Morgan fingerprint density at radius 3 is 2.90 bits per heavy atom. The van der Waals surface area contributed by atoms with Crippen molar-refractivity contribution >= 4 is 5.91 Å². The van der Waals surface area contributed by atoms with E-state index in [9.17, 15) is 4.79 Å². The summed E-state index contributed by atoms with van der Waals surface area (Å²) >= 11 is 0. The summed E-state index contributed by atoms with van der Waals surface area (Å²) in [6, 6.07) is 5.52. The lowest BCUT2D eigenvalue weighted by molar-refractivity contribution is -0.0159. The lowest BCUT2D eigenvalue weighted by Crippen LogP contribution is -2.42. The number of aryl methyl sites for hydroxylation is 1. The summed E-state index contributed by atoms with van der Waals surface area (Å²) in [6.45, 7) is 4.85. The highest BCUT2D eigenvalue weighted by Crippen LogP contribution is 2.21. The van der Waals surface area contributed by atoms with Gasteiger partial charge in [0.1, 0.15) is 5.60 Å². The van der Waals surface area contributed by atoms with Crippen LogP contribution < -0.4 is 11.1 Å². The molecule has 0 radical (unpaired) electrons. The van der Waals surface area contributed by atoms with Gasteiger partial charge in [-0.15, -0.1) is 0 Å². The van der Waals surface area contributed by atoms with E-state index in [1.165, 1.54) is 0 Å². The van der Waals surface area contributed by atoms with Crippen molar-refractivity contribution in [2.45, 2.75) is 25.5 Å². The van der Waals surface area contributed by atoms with E-state index in [1.807, 2.05) is 19.1 Å². The third kappa shape index (κ3) is 3.36. The molecule has 20 heavy (non-hydrogen) atoms. The molecule has 1 saturated heterocycles. The number of methoxy groups -OCH3 is 1. The first-order valence-corrected chi connectivity index (χ1v) is 6.79. The first-order valence-electron chi connectivity index (χ1n) is 6.79. The van der Waals surface area contributed by atoms with Crippen LogP contribution in [-0.4, -0.2) is 38.4 Å². The first-order chi connectivity index (χ1) is 9.56. The summed E-state index contributed by atoms with van der Waals surface area (Å²) in [5.41, 5.74) is 7.82. The molecule has 2 rings (SSSR count). The number of nitrogens with one attached hydrogen (secondary N) is 1. The third-order valence-electron chi connectivity index (χ3n) is 3.89. The van der Waals surface area contributed by atoms with Gasteiger partial charge >= 0.3 is 0 Å². The highest BCUT2D eigenvalue weighted by Gasteiger charge is 2.34. The van der Waals surface area contributed by atoms with E-state index >= 15 is 0 Å². The molecular formula is C15H22N2O3. The van der Waals surface area contributed by atoms with Crippen molar-refractivity contribution in [3.63, 3.8) is 0 Å². The van der Waals surface area contributed by atoms with E-state index in [-0.39, 0.29) is 5.60 Å². The van der Waals surface area contributed by atoms with E-state index in [1.54, 1.807) is 13.2 Å². The van der Waals surface area contributed by atoms with E-state index in [4.69, 9.17) is 15.2 Å². The van der Waals surface area contributed by atoms with Crippen molar-refractivity contribution in [3.05, 3.63) is 34.9 Å². The van der Waals surface area contributed by atoms with Gasteiger partial charge in [0.15, 0.2) is 0 Å². The van der Waals surface area contributed by atoms with E-state index < -0.39 is 5.91 Å². The number of hydrogen-bond acceptors (Lipinski definition) is 4. The molecule has 1 atom stereocenters. The average Bonchev–Trinajstić information content (AvgIpc) is 2.90. The Labute approximate surface area is 119 Å². The topological polar surface area (TPSA) is 73.6 Å². The van der Waals surface area contributed by atoms with Crippen LogP contribution in [0.5, 0.6) is 0 Å². The van der Waals surface area contributed by atoms with Gasteiger partial charge in [-0.2, -0.15) is 0 Å². The smallest absolute Gasteiger partial charge is 0.248 e. The van der Waals surface area contributed by atoms with Crippen molar-refractivity contribution in [2.24, 2.45) is 5.73 Å². The molecule has 0 bridgehead atoms. The molecule has 1 unspecified atom stereocenters. The van der Waals surface area contributed by atoms with Gasteiger partial charge in [-0.1, -0.05) is 6.07 Å². The second-order valence-electron chi connectivity index (χ2n) is 5.30. The van der Waals surface area contributed by atoms with Crippen LogP contribution in [-0.2, 0) is 16.0 Å². The van der Waals surface area contributed by atoms with Crippen LogP contribution in [0.25, 0.3) is 0 Å². The van der Waals surface area contributed by atoms with Gasteiger partial charge in [0.25, 0.3) is 0 Å². The predicted molar refractivity (Wildman–Crippen MR) is 76.6 cm³/mol. The molecule has 5 nitrogen and oxygen atoms in total. The van der Waals surface area contributed by atoms with Gasteiger partial charge in [-0.25, -0.2) is 0 Å². The number of carbonyl (C=O) groups is 1. The van der Waals surface area contributed by atoms with Gasteiger partial charge in [0.2, 0.25) is 5.91 Å². The number of ether oxygens (including phenoxy) is 2. The fourth-order valence-corrected chi connectivity index (χ4v) is 2.43. The SMILES string of the molecule is COC1(CNCc2ccc(C(N)=O)cc2C)CCOC1. The number of benzene rings is 1. The summed E-state index contributed by atoms with van der Waals surface area (Å²) in [5, 5.41) is 3.40. The maximum absolute atomic E-state index is 11.1. The van der Waals surface area contributed by atoms with E-state index in [0.717, 1.165) is 37.2 Å². The van der Waals surface area contributed by atoms with Crippen LogP contribution >= 0.6 is 0 Å². The van der Waals surface area contributed by atoms with Crippen molar-refractivity contribution in [3.8, 4) is 0 Å². The quantitative estimate of drug-likeness (QED) is 0.814. The molecule has 1 aromatic rings. The largest absolute Gasteiger partial charge is 0.378 e. The van der Waals surface area contributed by atoms with Crippen molar-refractivity contribution < 1.29 is 14.3 Å². The summed E-state index contributed by atoms with van der Waals surface area (Å²) in [5.74, 6) is -0.394. The molecule has 0 aliphatic carbocycles. The van der Waals surface area contributed by atoms with Gasteiger partial charge in [0.05, 0.1) is 6.61 Å². The summed E-state index contributed by atoms with van der Waals surface area (Å²) < 4.78 is 11.0. The minimum atomic E-state index is -0.394. The van der Waals surface area contributed by atoms with E-state index in [0.29, 0.717) is 12.2 Å². The molecule has 1 aliphatic rings. The lowest BCUT2D eigenvalue weighted by atomic mass is 10.0. The van der Waals surface area contributed by atoms with Crippen molar-refractivity contribution in [2.75, 3.05) is 26.9 Å². The molecule has 5 heteroatoms. The van der Waals surface area contributed by atoms with Crippen molar-refractivity contribution in [1.29, 1.82) is 0 Å². The molecule has 1 aromatic carbocycles. The number of hydrogen-bond donors (Lipinski definition) is 2. The molecule has 0 saturated carbocycles. The van der Waals surface area contributed by atoms with Crippen LogP contribution in [0.4, 0.5) is 0 Å². The predicted octanol–water partition coefficient (Wildman–Crippen LogP) is 0.989. The second kappa shape index (κ2) is 6.35. The molecule has 1 aliphatic heterocycles. The average molecular weight is 278 g/mol. The lowest BCUT2D eigenvalue weighted by Gasteiger charge is -2.26. The van der Waals surface area contributed by atoms with Crippen LogP contribution in [0.1, 0.15) is 27.9 Å². The number of nitrogens with two attached hydrogens (primary N) is 1. The molecule has 1 amide bonds. The zero-order valence-electron chi connectivity index (χ0n) is 12.1. The van der Waals surface area contributed by atoms with Crippen LogP contribution in [0.15, 0.2) is 18.2 Å². The maximum Gasteiger partial charge on any atom is 0.248 e. The summed E-state index contributed by atoms with van der Waals surface area (Å²) in [7, 11) is 1.73. The highest BCUT2D eigenvalue weighted by atomic mass is 16.5. The van der Waals surface area contributed by atoms with Crippen LogP contribution in [0.2, 0.25) is 0 Å². The molecule has 0 spiro atoms. The van der Waals surface area contributed by atoms with E-state index in [2.05, 4.69) is 5.32 Å². The molecular weight excluding hydrogens is 256 g/mol. The Morgan fingerprint density at radius 1 is 1.55 bits per heavy atom. The molecule has 1 fully saturated rings. The fourth-order valence-electron chi connectivity index (χ4n) is 2.43. The highest BCUT2D eigenvalue weighted by molar-refractivity contribution is 5.93. The minimum Gasteiger partial charge on any atom is -0.378 e. The Morgan fingerprint density at radius 2 is 2.35 bits per heavy atom. The van der Waals surface area contributed by atoms with Gasteiger partial charge in [-0.05, 0) is 30.2 Å². The third-order valence-corrected chi connectivity index (χ3v) is 3.89.